The minimum absolute atomic E-state index is 0.274. The van der Waals surface area contributed by atoms with E-state index in [9.17, 15) is 15.0 Å². The molecule has 0 heterocycles. The average Bonchev–Trinajstić information content (AvgIpc) is 2.87. The van der Waals surface area contributed by atoms with E-state index in [-0.39, 0.29) is 6.10 Å². The molecule has 2 rings (SSSR count). The third-order valence-electron chi connectivity index (χ3n) is 5.30. The first-order chi connectivity index (χ1) is 11.1. The lowest BCUT2D eigenvalue weighted by Crippen LogP contribution is -2.13. The molecule has 1 aromatic carbocycles. The molecule has 1 aliphatic rings. The third kappa shape index (κ3) is 5.43. The Bertz CT molecular complexity index is 486. The number of benzene rings is 1. The molecule has 0 bridgehead atoms. The number of carbonyl (C=O) groups is 1. The Morgan fingerprint density at radius 1 is 1.13 bits per heavy atom. The van der Waals surface area contributed by atoms with Gasteiger partial charge < -0.3 is 15.0 Å². The van der Waals surface area contributed by atoms with Crippen LogP contribution in [0.1, 0.15) is 68.9 Å². The predicted octanol–water partition coefficient (Wildman–Crippen LogP) is 3.61. The molecule has 0 fully saturated rings. The van der Waals surface area contributed by atoms with Crippen LogP contribution in [0.25, 0.3) is 0 Å². The van der Waals surface area contributed by atoms with Crippen LogP contribution in [-0.2, 0) is 11.2 Å². The Balaban J connectivity index is 1.64. The molecule has 1 aromatic rings. The van der Waals surface area contributed by atoms with Gasteiger partial charge in [0.1, 0.15) is 6.29 Å². The molecule has 0 saturated heterocycles. The van der Waals surface area contributed by atoms with E-state index in [0.717, 1.165) is 38.4 Å². The summed E-state index contributed by atoms with van der Waals surface area (Å²) in [6.45, 7) is 2.30. The molecule has 0 spiro atoms. The van der Waals surface area contributed by atoms with Crippen LogP contribution >= 0.6 is 0 Å². The normalized spacial score (nSPS) is 22.6. The number of fused-ring (bicyclic) bond motifs is 1. The number of rotatable bonds is 10. The second-order valence-electron chi connectivity index (χ2n) is 7.01. The lowest BCUT2D eigenvalue weighted by atomic mass is 9.89. The van der Waals surface area contributed by atoms with E-state index in [1.54, 1.807) is 0 Å². The fourth-order valence-electron chi connectivity index (χ4n) is 3.77. The van der Waals surface area contributed by atoms with Gasteiger partial charge in [-0.05, 0) is 67.9 Å². The molecule has 1 aliphatic carbocycles. The van der Waals surface area contributed by atoms with Crippen molar-refractivity contribution < 1.29 is 15.0 Å². The molecule has 0 aliphatic heterocycles. The Morgan fingerprint density at radius 3 is 2.52 bits per heavy atom. The summed E-state index contributed by atoms with van der Waals surface area (Å²) in [5, 5.41) is 19.9. The van der Waals surface area contributed by atoms with Crippen molar-refractivity contribution in [1.82, 2.24) is 0 Å². The summed E-state index contributed by atoms with van der Waals surface area (Å²) >= 11 is 0. The molecule has 0 radical (unpaired) electrons. The van der Waals surface area contributed by atoms with Gasteiger partial charge in [-0.3, -0.25) is 0 Å². The number of aldehydes is 1. The van der Waals surface area contributed by atoms with Crippen molar-refractivity contribution in [2.24, 2.45) is 5.92 Å². The first-order valence-electron chi connectivity index (χ1n) is 8.99. The Hall–Kier alpha value is -1.19. The van der Waals surface area contributed by atoms with Gasteiger partial charge in [0.25, 0.3) is 0 Å². The second-order valence-corrected chi connectivity index (χ2v) is 7.01. The summed E-state index contributed by atoms with van der Waals surface area (Å²) in [5.41, 5.74) is 2.95. The molecule has 2 N–H and O–H groups in total. The van der Waals surface area contributed by atoms with Gasteiger partial charge in [0.05, 0.1) is 12.2 Å². The van der Waals surface area contributed by atoms with Gasteiger partial charge in [0.15, 0.2) is 0 Å². The summed E-state index contributed by atoms with van der Waals surface area (Å²) in [6.07, 6.45) is 6.40. The molecular formula is C20H30O3. The molecular weight excluding hydrogens is 288 g/mol. The summed E-state index contributed by atoms with van der Waals surface area (Å²) in [5.74, 6) is 1.23. The summed E-state index contributed by atoms with van der Waals surface area (Å²) < 4.78 is 0. The number of hydrogen-bond acceptors (Lipinski definition) is 3. The summed E-state index contributed by atoms with van der Waals surface area (Å²) in [7, 11) is 0. The fraction of sp³-hybridized carbons (Fsp3) is 0.650. The lowest BCUT2D eigenvalue weighted by Gasteiger charge is -2.18. The van der Waals surface area contributed by atoms with Crippen LogP contribution < -0.4 is 0 Å². The second kappa shape index (κ2) is 9.19. The maximum atomic E-state index is 10.3. The molecule has 3 heteroatoms. The predicted molar refractivity (Wildman–Crippen MR) is 92.4 cm³/mol. The Kier molecular flexibility index (Phi) is 7.25. The van der Waals surface area contributed by atoms with Crippen LogP contribution in [0.4, 0.5) is 0 Å². The minimum atomic E-state index is -0.406. The molecule has 3 nitrogen and oxygen atoms in total. The minimum Gasteiger partial charge on any atom is -0.393 e. The lowest BCUT2D eigenvalue weighted by molar-refractivity contribution is -0.108. The number of carbonyl (C=O) groups excluding carboxylic acids is 1. The van der Waals surface area contributed by atoms with Crippen LogP contribution in [0.3, 0.4) is 0 Å². The zero-order chi connectivity index (χ0) is 16.7. The van der Waals surface area contributed by atoms with E-state index in [4.69, 9.17) is 0 Å². The van der Waals surface area contributed by atoms with Crippen molar-refractivity contribution in [2.75, 3.05) is 0 Å². The highest BCUT2D eigenvalue weighted by Gasteiger charge is 2.28. The first kappa shape index (κ1) is 18.2. The van der Waals surface area contributed by atoms with Gasteiger partial charge in [0, 0.05) is 6.42 Å². The smallest absolute Gasteiger partial charge is 0.120 e. The van der Waals surface area contributed by atoms with Crippen molar-refractivity contribution in [1.29, 1.82) is 0 Å². The van der Waals surface area contributed by atoms with Gasteiger partial charge >= 0.3 is 0 Å². The van der Waals surface area contributed by atoms with Crippen molar-refractivity contribution >= 4 is 6.29 Å². The third-order valence-corrected chi connectivity index (χ3v) is 5.30. The summed E-state index contributed by atoms with van der Waals surface area (Å²) in [6, 6.07) is 8.68. The van der Waals surface area contributed by atoms with Gasteiger partial charge in [-0.2, -0.15) is 0 Å². The van der Waals surface area contributed by atoms with Gasteiger partial charge in [-0.25, -0.2) is 0 Å². The largest absolute Gasteiger partial charge is 0.393 e. The highest BCUT2D eigenvalue weighted by atomic mass is 16.3. The van der Waals surface area contributed by atoms with Gasteiger partial charge in [-0.1, -0.05) is 31.2 Å². The Labute approximate surface area is 139 Å². The maximum Gasteiger partial charge on any atom is 0.120 e. The zero-order valence-electron chi connectivity index (χ0n) is 14.2. The van der Waals surface area contributed by atoms with E-state index < -0.39 is 6.10 Å². The SMILES string of the molecule is CC1c2ccccc2CC1CCC(O)CCCC(O)CCC=O. The number of aliphatic hydroxyl groups excluding tert-OH is 2. The molecule has 0 aromatic heterocycles. The molecule has 4 atom stereocenters. The maximum absolute atomic E-state index is 10.3. The summed E-state index contributed by atoms with van der Waals surface area (Å²) in [4.78, 5) is 10.3. The highest BCUT2D eigenvalue weighted by Crippen LogP contribution is 2.40. The van der Waals surface area contributed by atoms with Gasteiger partial charge in [0.2, 0.25) is 0 Å². The molecule has 0 saturated carbocycles. The van der Waals surface area contributed by atoms with E-state index in [1.165, 1.54) is 11.1 Å². The zero-order valence-corrected chi connectivity index (χ0v) is 14.2. The van der Waals surface area contributed by atoms with E-state index >= 15 is 0 Å². The topological polar surface area (TPSA) is 57.5 Å². The molecule has 4 unspecified atom stereocenters. The molecule has 128 valence electrons. The van der Waals surface area contributed by atoms with E-state index in [1.807, 2.05) is 0 Å². The quantitative estimate of drug-likeness (QED) is 0.648. The van der Waals surface area contributed by atoms with Crippen molar-refractivity contribution in [3.8, 4) is 0 Å². The van der Waals surface area contributed by atoms with Crippen LogP contribution in [0, 0.1) is 5.92 Å². The monoisotopic (exact) mass is 318 g/mol. The van der Waals surface area contributed by atoms with E-state index in [2.05, 4.69) is 31.2 Å². The fourth-order valence-corrected chi connectivity index (χ4v) is 3.77. The number of aliphatic hydroxyl groups is 2. The van der Waals surface area contributed by atoms with Crippen LogP contribution in [0.15, 0.2) is 24.3 Å². The van der Waals surface area contributed by atoms with E-state index in [0.29, 0.717) is 31.1 Å². The molecule has 23 heavy (non-hydrogen) atoms. The standard InChI is InChI=1S/C20H30O3/c1-15-16(14-17-6-2-3-10-20(15)17)11-12-19(23)8-4-7-18(22)9-5-13-21/h2-3,6,10,13,15-16,18-19,22-23H,4-5,7-9,11-12,14H2,1H3. The average molecular weight is 318 g/mol. The molecule has 0 amide bonds. The van der Waals surface area contributed by atoms with Crippen LogP contribution in [0.2, 0.25) is 0 Å². The van der Waals surface area contributed by atoms with Crippen molar-refractivity contribution in [3.05, 3.63) is 35.4 Å². The van der Waals surface area contributed by atoms with Gasteiger partial charge in [-0.15, -0.1) is 0 Å². The number of hydrogen-bond donors (Lipinski definition) is 2. The highest BCUT2D eigenvalue weighted by molar-refractivity contribution is 5.49. The van der Waals surface area contributed by atoms with Crippen molar-refractivity contribution in [3.63, 3.8) is 0 Å². The Morgan fingerprint density at radius 2 is 1.83 bits per heavy atom. The van der Waals surface area contributed by atoms with Crippen LogP contribution in [0.5, 0.6) is 0 Å². The first-order valence-corrected chi connectivity index (χ1v) is 8.99. The van der Waals surface area contributed by atoms with Crippen molar-refractivity contribution in [2.45, 2.75) is 76.4 Å². The van der Waals surface area contributed by atoms with Crippen LogP contribution in [-0.4, -0.2) is 28.7 Å².